The first-order valence-electron chi connectivity index (χ1n) is 6.91. The standard InChI is InChI=1S/C15H29NO2/c1-6-10-16-14(17)15(4,5)9-7-8-11-18-12-13(2)3/h7-8,13H,6,9-12H2,1-5H3,(H,16,17)/b8-7+. The monoisotopic (exact) mass is 255 g/mol. The molecular formula is C15H29NO2. The highest BCUT2D eigenvalue weighted by Crippen LogP contribution is 2.20. The van der Waals surface area contributed by atoms with Crippen LogP contribution in [0.25, 0.3) is 0 Å². The van der Waals surface area contributed by atoms with Gasteiger partial charge in [0.05, 0.1) is 6.61 Å². The maximum absolute atomic E-state index is 11.9. The zero-order valence-corrected chi connectivity index (χ0v) is 12.6. The molecule has 0 unspecified atom stereocenters. The molecule has 0 atom stereocenters. The van der Waals surface area contributed by atoms with Gasteiger partial charge in [-0.05, 0) is 18.8 Å². The molecule has 0 heterocycles. The normalized spacial score (nSPS) is 12.3. The molecule has 3 nitrogen and oxygen atoms in total. The number of carbonyl (C=O) groups is 1. The van der Waals surface area contributed by atoms with Crippen molar-refractivity contribution in [3.05, 3.63) is 12.2 Å². The molecule has 0 aromatic rings. The summed E-state index contributed by atoms with van der Waals surface area (Å²) in [6.07, 6.45) is 5.75. The van der Waals surface area contributed by atoms with Gasteiger partial charge in [0.1, 0.15) is 0 Å². The van der Waals surface area contributed by atoms with Gasteiger partial charge in [0.25, 0.3) is 0 Å². The number of hydrogen-bond acceptors (Lipinski definition) is 2. The highest BCUT2D eigenvalue weighted by Gasteiger charge is 2.25. The molecule has 0 aromatic carbocycles. The van der Waals surface area contributed by atoms with Gasteiger partial charge < -0.3 is 10.1 Å². The van der Waals surface area contributed by atoms with E-state index in [0.717, 1.165) is 26.0 Å². The molecule has 0 rings (SSSR count). The molecule has 106 valence electrons. The average molecular weight is 255 g/mol. The van der Waals surface area contributed by atoms with Gasteiger partial charge in [0.2, 0.25) is 5.91 Å². The van der Waals surface area contributed by atoms with Crippen LogP contribution in [0.3, 0.4) is 0 Å². The second kappa shape index (κ2) is 9.15. The summed E-state index contributed by atoms with van der Waals surface area (Å²) >= 11 is 0. The molecule has 0 saturated heterocycles. The molecule has 0 aliphatic carbocycles. The minimum atomic E-state index is -0.344. The summed E-state index contributed by atoms with van der Waals surface area (Å²) in [5, 5.41) is 2.94. The van der Waals surface area contributed by atoms with Gasteiger partial charge in [0, 0.05) is 18.6 Å². The first-order chi connectivity index (χ1) is 8.40. The number of nitrogens with one attached hydrogen (secondary N) is 1. The summed E-state index contributed by atoms with van der Waals surface area (Å²) in [6, 6.07) is 0. The van der Waals surface area contributed by atoms with Crippen molar-refractivity contribution in [2.45, 2.75) is 47.5 Å². The van der Waals surface area contributed by atoms with E-state index in [-0.39, 0.29) is 11.3 Å². The summed E-state index contributed by atoms with van der Waals surface area (Å²) in [7, 11) is 0. The van der Waals surface area contributed by atoms with Gasteiger partial charge in [-0.2, -0.15) is 0 Å². The van der Waals surface area contributed by atoms with Crippen molar-refractivity contribution in [2.75, 3.05) is 19.8 Å². The van der Waals surface area contributed by atoms with Crippen LogP contribution < -0.4 is 5.32 Å². The second-order valence-corrected chi connectivity index (χ2v) is 5.75. The van der Waals surface area contributed by atoms with Crippen LogP contribution >= 0.6 is 0 Å². The molecule has 0 bridgehead atoms. The average Bonchev–Trinajstić information content (AvgIpc) is 2.30. The lowest BCUT2D eigenvalue weighted by Gasteiger charge is -2.21. The van der Waals surface area contributed by atoms with E-state index in [4.69, 9.17) is 4.74 Å². The second-order valence-electron chi connectivity index (χ2n) is 5.75. The number of amides is 1. The molecule has 0 saturated carbocycles. The highest BCUT2D eigenvalue weighted by molar-refractivity contribution is 5.81. The molecule has 0 aliphatic rings. The maximum Gasteiger partial charge on any atom is 0.225 e. The molecule has 0 spiro atoms. The lowest BCUT2D eigenvalue weighted by atomic mass is 9.88. The summed E-state index contributed by atoms with van der Waals surface area (Å²) < 4.78 is 5.45. The highest BCUT2D eigenvalue weighted by atomic mass is 16.5. The minimum Gasteiger partial charge on any atom is -0.377 e. The van der Waals surface area contributed by atoms with Crippen LogP contribution in [0.15, 0.2) is 12.2 Å². The first-order valence-corrected chi connectivity index (χ1v) is 6.91. The van der Waals surface area contributed by atoms with Gasteiger partial charge in [-0.1, -0.05) is 46.8 Å². The SMILES string of the molecule is CCCNC(=O)C(C)(C)C/C=C/COCC(C)C. The Kier molecular flexibility index (Phi) is 8.73. The predicted octanol–water partition coefficient (Wildman–Crippen LogP) is 3.16. The fraction of sp³-hybridized carbons (Fsp3) is 0.800. The summed E-state index contributed by atoms with van der Waals surface area (Å²) in [4.78, 5) is 11.9. The van der Waals surface area contributed by atoms with Crippen LogP contribution in [-0.4, -0.2) is 25.7 Å². The van der Waals surface area contributed by atoms with Crippen LogP contribution in [0.1, 0.15) is 47.5 Å². The summed E-state index contributed by atoms with van der Waals surface area (Å²) in [5.74, 6) is 0.687. The Labute approximate surface area is 112 Å². The lowest BCUT2D eigenvalue weighted by molar-refractivity contribution is -0.129. The molecule has 18 heavy (non-hydrogen) atoms. The number of carbonyl (C=O) groups excluding carboxylic acids is 1. The van der Waals surface area contributed by atoms with Gasteiger partial charge in [-0.3, -0.25) is 4.79 Å². The van der Waals surface area contributed by atoms with E-state index in [1.54, 1.807) is 0 Å². The molecule has 0 aromatic heterocycles. The van der Waals surface area contributed by atoms with Crippen LogP contribution in [0, 0.1) is 11.3 Å². The third-order valence-electron chi connectivity index (χ3n) is 2.61. The van der Waals surface area contributed by atoms with Crippen molar-refractivity contribution >= 4 is 5.91 Å². The van der Waals surface area contributed by atoms with Crippen molar-refractivity contribution in [3.63, 3.8) is 0 Å². The van der Waals surface area contributed by atoms with Crippen molar-refractivity contribution < 1.29 is 9.53 Å². The minimum absolute atomic E-state index is 0.122. The van der Waals surface area contributed by atoms with E-state index in [9.17, 15) is 4.79 Å². The maximum atomic E-state index is 11.9. The first kappa shape index (κ1) is 17.2. The Morgan fingerprint density at radius 2 is 2.00 bits per heavy atom. The smallest absolute Gasteiger partial charge is 0.225 e. The third kappa shape index (κ3) is 8.29. The van der Waals surface area contributed by atoms with Crippen LogP contribution in [0.4, 0.5) is 0 Å². The number of allylic oxidation sites excluding steroid dienone is 1. The van der Waals surface area contributed by atoms with E-state index >= 15 is 0 Å². The van der Waals surface area contributed by atoms with Gasteiger partial charge >= 0.3 is 0 Å². The Morgan fingerprint density at radius 1 is 1.33 bits per heavy atom. The Bertz CT molecular complexity index is 257. The van der Waals surface area contributed by atoms with Crippen molar-refractivity contribution in [1.82, 2.24) is 5.32 Å². The molecule has 0 radical (unpaired) electrons. The third-order valence-corrected chi connectivity index (χ3v) is 2.61. The van der Waals surface area contributed by atoms with Crippen LogP contribution in [0.5, 0.6) is 0 Å². The van der Waals surface area contributed by atoms with Crippen molar-refractivity contribution in [1.29, 1.82) is 0 Å². The van der Waals surface area contributed by atoms with E-state index in [2.05, 4.69) is 26.1 Å². The van der Waals surface area contributed by atoms with Crippen LogP contribution in [-0.2, 0) is 9.53 Å². The van der Waals surface area contributed by atoms with Gasteiger partial charge in [-0.25, -0.2) is 0 Å². The topological polar surface area (TPSA) is 38.3 Å². The fourth-order valence-corrected chi connectivity index (χ4v) is 1.39. The van der Waals surface area contributed by atoms with E-state index < -0.39 is 0 Å². The summed E-state index contributed by atoms with van der Waals surface area (Å²) in [6.45, 7) is 12.4. The number of hydrogen-bond donors (Lipinski definition) is 1. The molecule has 1 amide bonds. The quantitative estimate of drug-likeness (QED) is 0.507. The molecule has 3 heteroatoms. The van der Waals surface area contributed by atoms with Crippen LogP contribution in [0.2, 0.25) is 0 Å². The Morgan fingerprint density at radius 3 is 2.56 bits per heavy atom. The Balaban J connectivity index is 3.87. The molecule has 1 N–H and O–H groups in total. The molecular weight excluding hydrogens is 226 g/mol. The van der Waals surface area contributed by atoms with Gasteiger partial charge in [0.15, 0.2) is 0 Å². The largest absolute Gasteiger partial charge is 0.377 e. The number of ether oxygens (including phenoxy) is 1. The summed E-state index contributed by atoms with van der Waals surface area (Å²) in [5.41, 5.74) is -0.344. The number of rotatable bonds is 9. The van der Waals surface area contributed by atoms with Gasteiger partial charge in [-0.15, -0.1) is 0 Å². The van der Waals surface area contributed by atoms with E-state index in [1.807, 2.05) is 26.0 Å². The molecule has 0 fully saturated rings. The van der Waals surface area contributed by atoms with Crippen molar-refractivity contribution in [3.8, 4) is 0 Å². The molecule has 0 aliphatic heterocycles. The lowest BCUT2D eigenvalue weighted by Crippen LogP contribution is -2.36. The van der Waals surface area contributed by atoms with E-state index in [0.29, 0.717) is 12.5 Å². The van der Waals surface area contributed by atoms with Crippen molar-refractivity contribution in [2.24, 2.45) is 11.3 Å². The van der Waals surface area contributed by atoms with E-state index in [1.165, 1.54) is 0 Å². The zero-order valence-electron chi connectivity index (χ0n) is 12.6. The zero-order chi connectivity index (χ0) is 14.0. The fourth-order valence-electron chi connectivity index (χ4n) is 1.39. The Hall–Kier alpha value is -0.830. The predicted molar refractivity (Wildman–Crippen MR) is 76.5 cm³/mol.